The number of carbonyl (C=O) groups is 1. The minimum atomic E-state index is -0.949. The van der Waals surface area contributed by atoms with Gasteiger partial charge in [0, 0.05) is 24.5 Å². The molecule has 1 aliphatic rings. The summed E-state index contributed by atoms with van der Waals surface area (Å²) in [5.41, 5.74) is 0.384. The lowest BCUT2D eigenvalue weighted by atomic mass is 9.77. The van der Waals surface area contributed by atoms with E-state index in [4.69, 9.17) is 0 Å². The molecule has 19 heavy (non-hydrogen) atoms. The van der Waals surface area contributed by atoms with Crippen molar-refractivity contribution in [1.29, 1.82) is 0 Å². The maximum Gasteiger partial charge on any atom is 0.269 e. The van der Waals surface area contributed by atoms with Crippen molar-refractivity contribution in [1.82, 2.24) is 0 Å². The van der Waals surface area contributed by atoms with Crippen LogP contribution in [0.15, 0.2) is 24.3 Å². The molecule has 1 aromatic carbocycles. The number of nitrogens with zero attached hydrogens (tertiary/aromatic N) is 1. The summed E-state index contributed by atoms with van der Waals surface area (Å²) in [6, 6.07) is 5.89. The van der Waals surface area contributed by atoms with Crippen LogP contribution in [0.1, 0.15) is 37.9 Å². The molecule has 0 amide bonds. The van der Waals surface area contributed by atoms with Gasteiger partial charge in [0.2, 0.25) is 0 Å². The number of ketones is 1. The van der Waals surface area contributed by atoms with Crippen LogP contribution in [0.2, 0.25) is 0 Å². The van der Waals surface area contributed by atoms with Gasteiger partial charge in [0.1, 0.15) is 5.78 Å². The third-order valence-corrected chi connectivity index (χ3v) is 3.76. The number of nitro benzene ring substituents is 1. The Morgan fingerprint density at radius 2 is 2.21 bits per heavy atom. The molecule has 0 spiro atoms. The first kappa shape index (κ1) is 13.7. The highest BCUT2D eigenvalue weighted by molar-refractivity contribution is 5.82. The van der Waals surface area contributed by atoms with Gasteiger partial charge in [-0.1, -0.05) is 19.1 Å². The Labute approximate surface area is 111 Å². The minimum absolute atomic E-state index is 0.0529. The molecule has 1 aromatic rings. The van der Waals surface area contributed by atoms with E-state index in [0.29, 0.717) is 24.3 Å². The zero-order chi connectivity index (χ0) is 14.0. The van der Waals surface area contributed by atoms with E-state index in [1.54, 1.807) is 6.07 Å². The van der Waals surface area contributed by atoms with Crippen molar-refractivity contribution in [3.8, 4) is 0 Å². The number of nitro groups is 1. The van der Waals surface area contributed by atoms with Crippen molar-refractivity contribution < 1.29 is 14.8 Å². The summed E-state index contributed by atoms with van der Waals surface area (Å²) in [7, 11) is 0. The molecule has 2 rings (SSSR count). The number of benzene rings is 1. The number of rotatable bonds is 3. The summed E-state index contributed by atoms with van der Waals surface area (Å²) >= 11 is 0. The van der Waals surface area contributed by atoms with Crippen LogP contribution in [0.3, 0.4) is 0 Å². The molecule has 1 aliphatic carbocycles. The van der Waals surface area contributed by atoms with Crippen LogP contribution in [-0.4, -0.2) is 15.8 Å². The largest absolute Gasteiger partial charge is 0.388 e. The van der Waals surface area contributed by atoms with Gasteiger partial charge in [-0.15, -0.1) is 0 Å². The van der Waals surface area contributed by atoms with Gasteiger partial charge in [-0.05, 0) is 24.3 Å². The zero-order valence-electron chi connectivity index (χ0n) is 10.8. The molecule has 5 nitrogen and oxygen atoms in total. The van der Waals surface area contributed by atoms with E-state index < -0.39 is 16.9 Å². The maximum absolute atomic E-state index is 11.9. The van der Waals surface area contributed by atoms with Gasteiger partial charge in [-0.2, -0.15) is 0 Å². The Kier molecular flexibility index (Phi) is 3.95. The fourth-order valence-corrected chi connectivity index (χ4v) is 2.62. The summed E-state index contributed by atoms with van der Waals surface area (Å²) in [4.78, 5) is 22.1. The van der Waals surface area contributed by atoms with Crippen molar-refractivity contribution in [2.24, 2.45) is 11.8 Å². The van der Waals surface area contributed by atoms with Crippen molar-refractivity contribution in [3.63, 3.8) is 0 Å². The monoisotopic (exact) mass is 263 g/mol. The number of carbonyl (C=O) groups excluding carboxylic acids is 1. The van der Waals surface area contributed by atoms with E-state index in [1.165, 1.54) is 18.2 Å². The normalized spacial score (nSPS) is 25.1. The molecule has 1 saturated carbocycles. The lowest BCUT2D eigenvalue weighted by Gasteiger charge is -2.29. The second-order valence-corrected chi connectivity index (χ2v) is 5.25. The SMILES string of the molecule is CC1CCC(=O)C(C(O)c2cccc([N+](=O)[O-])c2)C1. The molecule has 1 N–H and O–H groups in total. The van der Waals surface area contributed by atoms with Crippen molar-refractivity contribution in [2.75, 3.05) is 0 Å². The van der Waals surface area contributed by atoms with Crippen LogP contribution >= 0.6 is 0 Å². The Morgan fingerprint density at radius 3 is 2.89 bits per heavy atom. The van der Waals surface area contributed by atoms with Gasteiger partial charge in [-0.25, -0.2) is 0 Å². The van der Waals surface area contributed by atoms with Crippen LogP contribution in [0.4, 0.5) is 5.69 Å². The van der Waals surface area contributed by atoms with Gasteiger partial charge < -0.3 is 5.11 Å². The molecule has 0 saturated heterocycles. The Bertz CT molecular complexity index is 500. The average Bonchev–Trinajstić information content (AvgIpc) is 2.41. The van der Waals surface area contributed by atoms with Crippen molar-refractivity contribution >= 4 is 11.5 Å². The molecule has 0 radical (unpaired) electrons. The molecule has 102 valence electrons. The zero-order valence-corrected chi connectivity index (χ0v) is 10.8. The Morgan fingerprint density at radius 1 is 1.47 bits per heavy atom. The first-order valence-corrected chi connectivity index (χ1v) is 6.44. The van der Waals surface area contributed by atoms with Crippen molar-refractivity contribution in [3.05, 3.63) is 39.9 Å². The minimum Gasteiger partial charge on any atom is -0.388 e. The van der Waals surface area contributed by atoms with E-state index >= 15 is 0 Å². The second kappa shape index (κ2) is 5.48. The molecule has 3 atom stereocenters. The van der Waals surface area contributed by atoms with Gasteiger partial charge in [0.05, 0.1) is 11.0 Å². The fraction of sp³-hybridized carbons (Fsp3) is 0.500. The van der Waals surface area contributed by atoms with Crippen LogP contribution in [0, 0.1) is 22.0 Å². The van der Waals surface area contributed by atoms with Gasteiger partial charge in [0.15, 0.2) is 0 Å². The molecule has 3 unspecified atom stereocenters. The van der Waals surface area contributed by atoms with E-state index in [0.717, 1.165) is 6.42 Å². The molecule has 0 bridgehead atoms. The number of hydrogen-bond acceptors (Lipinski definition) is 4. The first-order chi connectivity index (χ1) is 8.99. The van der Waals surface area contributed by atoms with Crippen LogP contribution in [0.25, 0.3) is 0 Å². The molecule has 1 fully saturated rings. The van der Waals surface area contributed by atoms with Crippen LogP contribution in [-0.2, 0) is 4.79 Å². The number of non-ortho nitro benzene ring substituents is 1. The van der Waals surface area contributed by atoms with Gasteiger partial charge in [0.25, 0.3) is 5.69 Å². The van der Waals surface area contributed by atoms with E-state index in [9.17, 15) is 20.0 Å². The molecule has 5 heteroatoms. The highest BCUT2D eigenvalue weighted by Gasteiger charge is 2.33. The van der Waals surface area contributed by atoms with E-state index in [1.807, 2.05) is 0 Å². The number of Topliss-reactive ketones (excluding diaryl/α,β-unsaturated/α-hetero) is 1. The summed E-state index contributed by atoms with van der Waals surface area (Å²) in [5, 5.41) is 21.0. The third-order valence-electron chi connectivity index (χ3n) is 3.76. The van der Waals surface area contributed by atoms with Gasteiger partial charge in [-0.3, -0.25) is 14.9 Å². The van der Waals surface area contributed by atoms with Crippen LogP contribution < -0.4 is 0 Å². The Balaban J connectivity index is 2.23. The summed E-state index contributed by atoms with van der Waals surface area (Å²) in [6.07, 6.45) is 1.03. The molecule has 0 heterocycles. The molecular weight excluding hydrogens is 246 g/mol. The molecule has 0 aromatic heterocycles. The summed E-state index contributed by atoms with van der Waals surface area (Å²) in [5.74, 6) is 0.0129. The van der Waals surface area contributed by atoms with Crippen LogP contribution in [0.5, 0.6) is 0 Å². The lowest BCUT2D eigenvalue weighted by molar-refractivity contribution is -0.385. The molecule has 0 aliphatic heterocycles. The smallest absolute Gasteiger partial charge is 0.269 e. The van der Waals surface area contributed by atoms with E-state index in [2.05, 4.69) is 6.92 Å². The van der Waals surface area contributed by atoms with E-state index in [-0.39, 0.29) is 11.5 Å². The molecular formula is C14H17NO4. The predicted molar refractivity (Wildman–Crippen MR) is 69.6 cm³/mol. The highest BCUT2D eigenvalue weighted by atomic mass is 16.6. The summed E-state index contributed by atoms with van der Waals surface area (Å²) in [6.45, 7) is 2.06. The second-order valence-electron chi connectivity index (χ2n) is 5.25. The summed E-state index contributed by atoms with van der Waals surface area (Å²) < 4.78 is 0. The fourth-order valence-electron chi connectivity index (χ4n) is 2.62. The lowest BCUT2D eigenvalue weighted by Crippen LogP contribution is -2.29. The Hall–Kier alpha value is -1.75. The average molecular weight is 263 g/mol. The number of aliphatic hydroxyl groups is 1. The topological polar surface area (TPSA) is 80.4 Å². The maximum atomic E-state index is 11.9. The predicted octanol–water partition coefficient (Wildman–Crippen LogP) is 2.63. The third kappa shape index (κ3) is 2.98. The number of hydrogen-bond donors (Lipinski definition) is 1. The first-order valence-electron chi connectivity index (χ1n) is 6.44. The highest BCUT2D eigenvalue weighted by Crippen LogP contribution is 2.35. The van der Waals surface area contributed by atoms with Gasteiger partial charge >= 0.3 is 0 Å². The number of aliphatic hydroxyl groups excluding tert-OH is 1. The quantitative estimate of drug-likeness (QED) is 0.671. The standard InChI is InChI=1S/C14H17NO4/c1-9-5-6-13(16)12(7-9)14(17)10-3-2-4-11(8-10)15(18)19/h2-4,8-9,12,14,17H,5-7H2,1H3. The van der Waals surface area contributed by atoms with Crippen molar-refractivity contribution in [2.45, 2.75) is 32.3 Å².